The van der Waals surface area contributed by atoms with E-state index >= 15 is 0 Å². The quantitative estimate of drug-likeness (QED) is 0.0746. The Morgan fingerprint density at radius 2 is 1.62 bits per heavy atom. The second kappa shape index (κ2) is 19.5. The first kappa shape index (κ1) is 33.6. The van der Waals surface area contributed by atoms with Crippen LogP contribution in [-0.2, 0) is 14.3 Å². The minimum atomic E-state index is -0.717. The Balaban J connectivity index is 1.99. The normalized spacial score (nSPS) is 13.0. The lowest BCUT2D eigenvalue weighted by Crippen LogP contribution is -2.21. The number of unbranched alkanes of at least 4 members (excludes halogenated alkanes) is 10. The molecule has 1 N–H and O–H groups in total. The Hall–Kier alpha value is -2.58. The van der Waals surface area contributed by atoms with Crippen LogP contribution in [-0.4, -0.2) is 42.6 Å². The van der Waals surface area contributed by atoms with Crippen molar-refractivity contribution in [2.45, 2.75) is 113 Å². The molecule has 0 spiro atoms. The van der Waals surface area contributed by atoms with E-state index in [1.807, 2.05) is 12.1 Å². The average molecular weight is 575 g/mol. The van der Waals surface area contributed by atoms with Gasteiger partial charge in [0.1, 0.15) is 5.58 Å². The van der Waals surface area contributed by atoms with Gasteiger partial charge in [0.15, 0.2) is 5.43 Å². The predicted molar refractivity (Wildman–Crippen MR) is 161 cm³/mol. The van der Waals surface area contributed by atoms with Gasteiger partial charge in [-0.05, 0) is 43.9 Å². The summed E-state index contributed by atoms with van der Waals surface area (Å²) < 4.78 is 15.0. The van der Waals surface area contributed by atoms with Crippen molar-refractivity contribution in [2.24, 2.45) is 0 Å². The molecule has 7 nitrogen and oxygen atoms in total. The number of rotatable bonds is 20. The van der Waals surface area contributed by atoms with E-state index < -0.39 is 12.1 Å². The van der Waals surface area contributed by atoms with Crippen molar-refractivity contribution in [2.75, 3.05) is 14.2 Å². The van der Waals surface area contributed by atoms with Crippen LogP contribution in [0.5, 0.6) is 0 Å². The lowest BCUT2D eigenvalue weighted by molar-refractivity contribution is -0.140. The largest absolute Gasteiger partial charge is 0.469 e. The Morgan fingerprint density at radius 3 is 2.27 bits per heavy atom. The lowest BCUT2D eigenvalue weighted by atomic mass is 10.1. The number of aliphatic hydroxyl groups is 1. The van der Waals surface area contributed by atoms with Crippen LogP contribution in [0.3, 0.4) is 0 Å². The molecule has 222 valence electrons. The van der Waals surface area contributed by atoms with Crippen LogP contribution in [0.1, 0.15) is 107 Å². The predicted octanol–water partition coefficient (Wildman–Crippen LogP) is 7.61. The van der Waals surface area contributed by atoms with Crippen LogP contribution >= 0.6 is 11.8 Å². The number of hydrogen-bond acceptors (Lipinski definition) is 8. The van der Waals surface area contributed by atoms with Crippen LogP contribution in [0, 0.1) is 0 Å². The number of carbonyl (C=O) groups excluding carboxylic acids is 2. The molecule has 8 heteroatoms. The molecule has 0 radical (unpaired) electrons. The van der Waals surface area contributed by atoms with Gasteiger partial charge in [0.25, 0.3) is 0 Å². The monoisotopic (exact) mass is 574 g/mol. The molecule has 1 aromatic carbocycles. The van der Waals surface area contributed by atoms with E-state index in [2.05, 4.69) is 17.7 Å². The summed E-state index contributed by atoms with van der Waals surface area (Å²) in [5.74, 6) is -1.16. The van der Waals surface area contributed by atoms with Gasteiger partial charge in [0.2, 0.25) is 5.76 Å². The summed E-state index contributed by atoms with van der Waals surface area (Å²) in [6, 6.07) is 6.31. The summed E-state index contributed by atoms with van der Waals surface area (Å²) in [4.78, 5) is 36.6. The van der Waals surface area contributed by atoms with Crippen molar-refractivity contribution in [1.29, 1.82) is 0 Å². The fourth-order valence-electron chi connectivity index (χ4n) is 4.51. The number of allylic oxidation sites excluding steroid dienone is 1. The number of ether oxygens (including phenoxy) is 2. The van der Waals surface area contributed by atoms with Gasteiger partial charge >= 0.3 is 11.9 Å². The number of fused-ring (bicyclic) bond motifs is 1. The highest BCUT2D eigenvalue weighted by atomic mass is 32.2. The Labute approximate surface area is 242 Å². The van der Waals surface area contributed by atoms with E-state index in [0.717, 1.165) is 23.8 Å². The summed E-state index contributed by atoms with van der Waals surface area (Å²) in [6.45, 7) is 2.24. The van der Waals surface area contributed by atoms with E-state index in [1.54, 1.807) is 12.1 Å². The Morgan fingerprint density at radius 1 is 0.950 bits per heavy atom. The zero-order valence-electron chi connectivity index (χ0n) is 24.3. The average Bonchev–Trinajstić information content (AvgIpc) is 2.96. The van der Waals surface area contributed by atoms with Crippen molar-refractivity contribution in [3.8, 4) is 0 Å². The molecule has 0 fully saturated rings. The molecule has 40 heavy (non-hydrogen) atoms. The van der Waals surface area contributed by atoms with Crippen molar-refractivity contribution >= 4 is 34.7 Å². The highest BCUT2D eigenvalue weighted by Gasteiger charge is 2.20. The summed E-state index contributed by atoms with van der Waals surface area (Å²) in [7, 11) is 2.59. The molecule has 2 unspecified atom stereocenters. The maximum Gasteiger partial charge on any atom is 0.374 e. The van der Waals surface area contributed by atoms with Crippen LogP contribution < -0.4 is 5.43 Å². The van der Waals surface area contributed by atoms with Crippen molar-refractivity contribution in [3.63, 3.8) is 0 Å². The SMILES string of the molecule is CCCCCCCCCCCC/C=C\C(Sc1ccc2c(=O)cc(C(=O)OC)oc2c1)C(O)CCCC(=O)OC. The first-order valence-electron chi connectivity index (χ1n) is 14.6. The number of benzene rings is 1. The maximum absolute atomic E-state index is 12.4. The Kier molecular flexibility index (Phi) is 16.4. The van der Waals surface area contributed by atoms with E-state index in [9.17, 15) is 19.5 Å². The summed E-state index contributed by atoms with van der Waals surface area (Å²) in [5.41, 5.74) is -0.0415. The van der Waals surface area contributed by atoms with Gasteiger partial charge in [-0.15, -0.1) is 11.8 Å². The van der Waals surface area contributed by atoms with Crippen molar-refractivity contribution in [1.82, 2.24) is 0 Å². The minimum absolute atomic E-state index is 0.155. The zero-order valence-corrected chi connectivity index (χ0v) is 25.1. The molecule has 0 aliphatic carbocycles. The third kappa shape index (κ3) is 12.3. The molecule has 2 aromatic rings. The molecule has 2 rings (SSSR count). The van der Waals surface area contributed by atoms with Gasteiger partial charge in [0, 0.05) is 17.4 Å². The van der Waals surface area contributed by atoms with Crippen LogP contribution in [0.15, 0.2) is 50.5 Å². The first-order chi connectivity index (χ1) is 19.4. The zero-order chi connectivity index (χ0) is 29.2. The molecular formula is C32H46O7S. The van der Waals surface area contributed by atoms with Gasteiger partial charge in [-0.2, -0.15) is 0 Å². The molecule has 0 bridgehead atoms. The first-order valence-corrected chi connectivity index (χ1v) is 15.5. The topological polar surface area (TPSA) is 103 Å². The molecule has 0 aliphatic heterocycles. The van der Waals surface area contributed by atoms with Crippen LogP contribution in [0.25, 0.3) is 11.0 Å². The molecule has 1 aromatic heterocycles. The highest BCUT2D eigenvalue weighted by Crippen LogP contribution is 2.31. The number of thioether (sulfide) groups is 1. The van der Waals surface area contributed by atoms with Crippen molar-refractivity contribution in [3.05, 3.63) is 52.4 Å². The van der Waals surface area contributed by atoms with Gasteiger partial charge in [0.05, 0.1) is 31.0 Å². The fraction of sp³-hybridized carbons (Fsp3) is 0.594. The molecular weight excluding hydrogens is 528 g/mol. The molecule has 0 saturated carbocycles. The summed E-state index contributed by atoms with van der Waals surface area (Å²) in [6.07, 6.45) is 18.5. The van der Waals surface area contributed by atoms with E-state index in [4.69, 9.17) is 9.15 Å². The van der Waals surface area contributed by atoms with Gasteiger partial charge in [-0.3, -0.25) is 9.59 Å². The Bertz CT molecular complexity index is 1120. The number of carbonyl (C=O) groups is 2. The smallest absolute Gasteiger partial charge is 0.374 e. The second-order valence-corrected chi connectivity index (χ2v) is 11.4. The molecule has 0 saturated heterocycles. The maximum atomic E-state index is 12.4. The van der Waals surface area contributed by atoms with Gasteiger partial charge < -0.3 is 19.0 Å². The minimum Gasteiger partial charge on any atom is -0.469 e. The van der Waals surface area contributed by atoms with Gasteiger partial charge in [-0.25, -0.2) is 4.79 Å². The molecule has 2 atom stereocenters. The molecule has 0 aliphatic rings. The molecule has 0 amide bonds. The van der Waals surface area contributed by atoms with Gasteiger partial charge in [-0.1, -0.05) is 76.9 Å². The standard InChI is InChI=1S/C32H46O7S/c1-4-5-6-7-8-9-10-11-12-13-14-15-18-30(26(33)17-16-19-31(35)37-2)40-24-20-21-25-27(34)23-29(32(36)38-3)39-28(25)22-24/h15,18,20-23,26,30,33H,4-14,16-17,19H2,1-3H3/b18-15-. The summed E-state index contributed by atoms with van der Waals surface area (Å²) >= 11 is 1.45. The van der Waals surface area contributed by atoms with E-state index in [0.29, 0.717) is 18.2 Å². The number of hydrogen-bond donors (Lipinski definition) is 1. The van der Waals surface area contributed by atoms with Crippen molar-refractivity contribution < 1.29 is 28.6 Å². The lowest BCUT2D eigenvalue weighted by Gasteiger charge is -2.20. The number of esters is 2. The molecule has 1 heterocycles. The van der Waals surface area contributed by atoms with Crippen LogP contribution in [0.2, 0.25) is 0 Å². The second-order valence-electron chi connectivity index (χ2n) is 10.1. The number of aliphatic hydroxyl groups excluding tert-OH is 1. The van der Waals surface area contributed by atoms with E-state index in [-0.39, 0.29) is 34.4 Å². The summed E-state index contributed by atoms with van der Waals surface area (Å²) in [5, 5.41) is 11.1. The van der Waals surface area contributed by atoms with E-state index in [1.165, 1.54) is 83.8 Å². The third-order valence-corrected chi connectivity index (χ3v) is 8.17. The third-order valence-electron chi connectivity index (χ3n) is 6.90. The van der Waals surface area contributed by atoms with Crippen LogP contribution in [0.4, 0.5) is 0 Å². The number of methoxy groups -OCH3 is 2. The highest BCUT2D eigenvalue weighted by molar-refractivity contribution is 8.00. The fourth-order valence-corrected chi connectivity index (χ4v) is 5.63.